The Morgan fingerprint density at radius 2 is 1.62 bits per heavy atom. The van der Waals surface area contributed by atoms with Gasteiger partial charge >= 0.3 is 13.1 Å². The third kappa shape index (κ3) is 4.89. The van der Waals surface area contributed by atoms with Crippen molar-refractivity contribution in [3.8, 4) is 0 Å². The molecule has 1 aliphatic rings. The molecule has 1 aromatic carbocycles. The molecule has 0 aliphatic carbocycles. The van der Waals surface area contributed by atoms with Gasteiger partial charge in [0, 0.05) is 5.82 Å². The summed E-state index contributed by atoms with van der Waals surface area (Å²) in [6, 6.07) is 8.46. The van der Waals surface area contributed by atoms with Gasteiger partial charge in [0.15, 0.2) is 0 Å². The molecule has 4 nitrogen and oxygen atoms in total. The van der Waals surface area contributed by atoms with E-state index in [-0.39, 0.29) is 18.2 Å². The van der Waals surface area contributed by atoms with Crippen molar-refractivity contribution in [3.63, 3.8) is 0 Å². The molecule has 1 atom stereocenters. The van der Waals surface area contributed by atoms with Gasteiger partial charge in [-0.3, -0.25) is 4.79 Å². The van der Waals surface area contributed by atoms with Gasteiger partial charge in [-0.15, -0.1) is 0 Å². The largest absolute Gasteiger partial charge is 0.466 e. The number of esters is 1. The van der Waals surface area contributed by atoms with Crippen LogP contribution in [0.25, 0.3) is 0 Å². The van der Waals surface area contributed by atoms with Crippen LogP contribution in [-0.4, -0.2) is 30.9 Å². The summed E-state index contributed by atoms with van der Waals surface area (Å²) in [6.07, 6.45) is 1.29. The van der Waals surface area contributed by atoms with Crippen molar-refractivity contribution >= 4 is 13.1 Å². The van der Waals surface area contributed by atoms with E-state index in [1.807, 2.05) is 34.6 Å². The smallest absolute Gasteiger partial charge is 0.466 e. The molecule has 1 unspecified atom stereocenters. The Kier molecular flexibility index (Phi) is 6.57. The fourth-order valence-electron chi connectivity index (χ4n) is 3.20. The Bertz CT molecular complexity index is 591. The molecular formula is C21H33BO4. The minimum atomic E-state index is -0.472. The first kappa shape index (κ1) is 21.0. The minimum absolute atomic E-state index is 0.191. The van der Waals surface area contributed by atoms with Gasteiger partial charge in [0.05, 0.1) is 24.2 Å². The molecule has 0 saturated carbocycles. The van der Waals surface area contributed by atoms with Crippen LogP contribution in [0, 0.1) is 5.92 Å². The van der Waals surface area contributed by atoms with E-state index in [0.717, 1.165) is 12.0 Å². The fourth-order valence-corrected chi connectivity index (χ4v) is 3.20. The Morgan fingerprint density at radius 3 is 2.08 bits per heavy atom. The van der Waals surface area contributed by atoms with Gasteiger partial charge in [0.2, 0.25) is 0 Å². The molecule has 1 fully saturated rings. The standard InChI is InChI=1S/C21H33BO4/c1-8-24-19(23)14-18(22-25-20(4,5)21(6,7)26-22)17-11-9-16(10-12-17)13-15(2)3/h9-12,15,18H,8,13-14H2,1-7H3. The van der Waals surface area contributed by atoms with Crippen molar-refractivity contribution in [1.82, 2.24) is 0 Å². The van der Waals surface area contributed by atoms with Crippen molar-refractivity contribution in [1.29, 1.82) is 0 Å². The molecule has 0 spiro atoms. The number of benzene rings is 1. The fraction of sp³-hybridized carbons (Fsp3) is 0.667. The third-order valence-electron chi connectivity index (χ3n) is 5.34. The van der Waals surface area contributed by atoms with Gasteiger partial charge in [0.25, 0.3) is 0 Å². The van der Waals surface area contributed by atoms with Crippen LogP contribution in [0.3, 0.4) is 0 Å². The van der Waals surface area contributed by atoms with Crippen LogP contribution in [0.15, 0.2) is 24.3 Å². The predicted molar refractivity (Wildman–Crippen MR) is 105 cm³/mol. The number of carbonyl (C=O) groups is 1. The number of rotatable bonds is 7. The van der Waals surface area contributed by atoms with Crippen molar-refractivity contribution < 1.29 is 18.8 Å². The van der Waals surface area contributed by atoms with Crippen LogP contribution in [0.4, 0.5) is 0 Å². The molecule has 26 heavy (non-hydrogen) atoms. The molecule has 1 heterocycles. The third-order valence-corrected chi connectivity index (χ3v) is 5.34. The van der Waals surface area contributed by atoms with Crippen LogP contribution in [0.5, 0.6) is 0 Å². The molecule has 5 heteroatoms. The van der Waals surface area contributed by atoms with E-state index >= 15 is 0 Å². The molecule has 2 rings (SSSR count). The number of hydrogen-bond acceptors (Lipinski definition) is 4. The average molecular weight is 360 g/mol. The van der Waals surface area contributed by atoms with Crippen LogP contribution in [0.2, 0.25) is 0 Å². The lowest BCUT2D eigenvalue weighted by atomic mass is 9.66. The molecule has 0 N–H and O–H groups in total. The number of carbonyl (C=O) groups excluding carboxylic acids is 1. The highest BCUT2D eigenvalue weighted by atomic mass is 16.7. The monoisotopic (exact) mass is 360 g/mol. The highest BCUT2D eigenvalue weighted by Gasteiger charge is 2.54. The van der Waals surface area contributed by atoms with Gasteiger partial charge in [-0.05, 0) is 58.1 Å². The summed E-state index contributed by atoms with van der Waals surface area (Å²) < 4.78 is 17.6. The van der Waals surface area contributed by atoms with Gasteiger partial charge < -0.3 is 14.0 Å². The van der Waals surface area contributed by atoms with Gasteiger partial charge in [-0.1, -0.05) is 38.1 Å². The lowest BCUT2D eigenvalue weighted by molar-refractivity contribution is -0.143. The summed E-state index contributed by atoms with van der Waals surface area (Å²) >= 11 is 0. The first-order chi connectivity index (χ1) is 12.1. The summed E-state index contributed by atoms with van der Waals surface area (Å²) in [5, 5.41) is 0. The normalized spacial score (nSPS) is 19.6. The first-order valence-electron chi connectivity index (χ1n) is 9.66. The van der Waals surface area contributed by atoms with Crippen LogP contribution in [0.1, 0.15) is 71.8 Å². The maximum atomic E-state index is 12.2. The Morgan fingerprint density at radius 1 is 1.08 bits per heavy atom. The zero-order valence-corrected chi connectivity index (χ0v) is 17.3. The Balaban J connectivity index is 2.25. The van der Waals surface area contributed by atoms with Crippen molar-refractivity contribution in [2.75, 3.05) is 6.61 Å². The highest BCUT2D eigenvalue weighted by Crippen LogP contribution is 2.41. The van der Waals surface area contributed by atoms with E-state index in [1.165, 1.54) is 5.56 Å². The van der Waals surface area contributed by atoms with Crippen molar-refractivity contribution in [3.05, 3.63) is 35.4 Å². The van der Waals surface area contributed by atoms with Crippen LogP contribution >= 0.6 is 0 Å². The average Bonchev–Trinajstić information content (AvgIpc) is 2.73. The SMILES string of the molecule is CCOC(=O)CC(B1OC(C)(C)C(C)(C)O1)c1ccc(CC(C)C)cc1. The van der Waals surface area contributed by atoms with Gasteiger partial charge in [-0.25, -0.2) is 0 Å². The van der Waals surface area contributed by atoms with Crippen molar-refractivity contribution in [2.45, 2.75) is 78.3 Å². The molecule has 1 aliphatic heterocycles. The Hall–Kier alpha value is -1.33. The maximum absolute atomic E-state index is 12.2. The topological polar surface area (TPSA) is 44.8 Å². The van der Waals surface area contributed by atoms with E-state index in [0.29, 0.717) is 12.5 Å². The molecule has 0 aromatic heterocycles. The molecule has 0 bridgehead atoms. The van der Waals surface area contributed by atoms with Gasteiger partial charge in [0.1, 0.15) is 0 Å². The predicted octanol–water partition coefficient (Wildman–Crippen LogP) is 4.55. The van der Waals surface area contributed by atoms with E-state index in [4.69, 9.17) is 14.0 Å². The maximum Gasteiger partial charge on any atom is 0.466 e. The first-order valence-corrected chi connectivity index (χ1v) is 9.66. The minimum Gasteiger partial charge on any atom is -0.466 e. The summed E-state index contributed by atoms with van der Waals surface area (Å²) in [4.78, 5) is 12.2. The summed E-state index contributed by atoms with van der Waals surface area (Å²) in [7, 11) is -0.472. The molecule has 0 amide bonds. The quantitative estimate of drug-likeness (QED) is 0.528. The van der Waals surface area contributed by atoms with E-state index in [9.17, 15) is 4.79 Å². The van der Waals surface area contributed by atoms with Crippen LogP contribution < -0.4 is 0 Å². The Labute approximate surface area is 158 Å². The van der Waals surface area contributed by atoms with E-state index < -0.39 is 18.3 Å². The second-order valence-corrected chi connectivity index (χ2v) is 8.58. The van der Waals surface area contributed by atoms with Gasteiger partial charge in [-0.2, -0.15) is 0 Å². The van der Waals surface area contributed by atoms with Crippen LogP contribution in [-0.2, 0) is 25.3 Å². The second kappa shape index (κ2) is 8.14. The molecule has 1 aromatic rings. The summed E-state index contributed by atoms with van der Waals surface area (Å²) in [5.41, 5.74) is 1.49. The highest BCUT2D eigenvalue weighted by molar-refractivity contribution is 6.48. The summed E-state index contributed by atoms with van der Waals surface area (Å²) in [5.74, 6) is 0.195. The zero-order chi connectivity index (χ0) is 19.5. The molecule has 144 valence electrons. The number of hydrogen-bond donors (Lipinski definition) is 0. The lowest BCUT2D eigenvalue weighted by Crippen LogP contribution is -2.41. The lowest BCUT2D eigenvalue weighted by Gasteiger charge is -2.32. The molecule has 0 radical (unpaired) electrons. The van der Waals surface area contributed by atoms with E-state index in [2.05, 4.69) is 38.1 Å². The number of ether oxygens (including phenoxy) is 1. The van der Waals surface area contributed by atoms with Crippen molar-refractivity contribution in [2.24, 2.45) is 5.92 Å². The summed E-state index contributed by atoms with van der Waals surface area (Å²) in [6.45, 7) is 14.7. The second-order valence-electron chi connectivity index (χ2n) is 8.58. The zero-order valence-electron chi connectivity index (χ0n) is 17.3. The molecular weight excluding hydrogens is 327 g/mol. The van der Waals surface area contributed by atoms with E-state index in [1.54, 1.807) is 0 Å². The molecule has 1 saturated heterocycles.